The highest BCUT2D eigenvalue weighted by atomic mass is 32.1. The Hall–Kier alpha value is -4.50. The maximum Gasteiger partial charge on any atom is 0.325 e. The molecule has 0 saturated heterocycles. The number of para-hydroxylation sites is 3. The third-order valence-electron chi connectivity index (χ3n) is 7.09. The van der Waals surface area contributed by atoms with E-state index < -0.39 is 0 Å². The highest BCUT2D eigenvalue weighted by molar-refractivity contribution is 7.19. The first kappa shape index (κ1) is 26.7. The number of thiazole rings is 1. The molecule has 0 unspecified atom stereocenters. The fraction of sp³-hybridized carbons (Fsp3) is 0.250. The van der Waals surface area contributed by atoms with Crippen LogP contribution in [0.4, 0.5) is 15.6 Å². The Morgan fingerprint density at radius 3 is 2.68 bits per heavy atom. The van der Waals surface area contributed by atoms with Crippen molar-refractivity contribution in [2.75, 3.05) is 17.2 Å². The van der Waals surface area contributed by atoms with Crippen molar-refractivity contribution in [2.24, 2.45) is 5.92 Å². The lowest BCUT2D eigenvalue weighted by Crippen LogP contribution is -2.20. The van der Waals surface area contributed by atoms with Gasteiger partial charge in [-0.15, -0.1) is 0 Å². The van der Waals surface area contributed by atoms with Crippen molar-refractivity contribution >= 4 is 28.2 Å². The molecular weight excluding hydrogens is 532 g/mol. The van der Waals surface area contributed by atoms with Crippen molar-refractivity contribution in [2.45, 2.75) is 40.0 Å². The van der Waals surface area contributed by atoms with Gasteiger partial charge in [0.05, 0.1) is 39.9 Å². The molecule has 0 radical (unpaired) electrons. The third-order valence-corrected chi connectivity index (χ3v) is 8.11. The topological polar surface area (TPSA) is 94.0 Å². The van der Waals surface area contributed by atoms with E-state index in [-0.39, 0.29) is 6.03 Å². The SMILES string of the molecule is Cc1ccccc1-n1nc(-c2cccnc2)c2c1-c1sc(NC(=O)Nc3ccccc3OCCC(C)C)nc1CC2. The van der Waals surface area contributed by atoms with Gasteiger partial charge in [0, 0.05) is 23.5 Å². The number of rotatable bonds is 8. The molecule has 0 saturated carbocycles. The summed E-state index contributed by atoms with van der Waals surface area (Å²) in [5.41, 5.74) is 7.82. The second-order valence-electron chi connectivity index (χ2n) is 10.5. The van der Waals surface area contributed by atoms with Gasteiger partial charge >= 0.3 is 6.03 Å². The molecule has 0 bridgehead atoms. The summed E-state index contributed by atoms with van der Waals surface area (Å²) < 4.78 is 7.96. The zero-order valence-corrected chi connectivity index (χ0v) is 24.2. The number of ether oxygens (including phenoxy) is 1. The molecule has 2 aromatic carbocycles. The molecule has 3 aromatic heterocycles. The van der Waals surface area contributed by atoms with E-state index in [0.717, 1.165) is 58.0 Å². The van der Waals surface area contributed by atoms with Crippen LogP contribution in [0.15, 0.2) is 73.1 Å². The average Bonchev–Trinajstić information content (AvgIpc) is 3.55. The lowest BCUT2D eigenvalue weighted by molar-refractivity contribution is 0.261. The number of carbonyl (C=O) groups is 1. The van der Waals surface area contributed by atoms with E-state index in [2.05, 4.69) is 48.5 Å². The van der Waals surface area contributed by atoms with Gasteiger partial charge in [0.25, 0.3) is 0 Å². The average molecular weight is 565 g/mol. The van der Waals surface area contributed by atoms with Crippen LogP contribution < -0.4 is 15.4 Å². The van der Waals surface area contributed by atoms with E-state index in [0.29, 0.717) is 29.1 Å². The van der Waals surface area contributed by atoms with E-state index in [1.807, 2.05) is 59.4 Å². The molecular formula is C32H32N6O2S. The largest absolute Gasteiger partial charge is 0.491 e. The minimum atomic E-state index is -0.361. The van der Waals surface area contributed by atoms with Crippen LogP contribution in [0.3, 0.4) is 0 Å². The van der Waals surface area contributed by atoms with Crippen LogP contribution in [0.5, 0.6) is 5.75 Å². The molecule has 9 heteroatoms. The van der Waals surface area contributed by atoms with Gasteiger partial charge in [-0.3, -0.25) is 10.3 Å². The number of carbonyl (C=O) groups excluding carboxylic acids is 1. The Labute approximate surface area is 243 Å². The maximum absolute atomic E-state index is 13.1. The van der Waals surface area contributed by atoms with Crippen molar-refractivity contribution in [3.63, 3.8) is 0 Å². The van der Waals surface area contributed by atoms with Crippen molar-refractivity contribution < 1.29 is 9.53 Å². The molecule has 0 aliphatic heterocycles. The summed E-state index contributed by atoms with van der Waals surface area (Å²) in [6, 6.07) is 19.3. The van der Waals surface area contributed by atoms with Gasteiger partial charge in [-0.05, 0) is 68.0 Å². The minimum absolute atomic E-state index is 0.361. The second kappa shape index (κ2) is 11.5. The van der Waals surface area contributed by atoms with Gasteiger partial charge in [0.1, 0.15) is 5.75 Å². The lowest BCUT2D eigenvalue weighted by atomic mass is 9.95. The summed E-state index contributed by atoms with van der Waals surface area (Å²) >= 11 is 1.47. The lowest BCUT2D eigenvalue weighted by Gasteiger charge is -2.15. The zero-order chi connectivity index (χ0) is 28.3. The number of hydrogen-bond acceptors (Lipinski definition) is 6. The Balaban J connectivity index is 1.30. The molecule has 1 aliphatic carbocycles. The van der Waals surface area contributed by atoms with E-state index in [1.165, 1.54) is 16.9 Å². The van der Waals surface area contributed by atoms with Gasteiger partial charge in [-0.1, -0.05) is 55.5 Å². The second-order valence-corrected chi connectivity index (χ2v) is 11.5. The van der Waals surface area contributed by atoms with E-state index in [9.17, 15) is 4.79 Å². The number of amides is 2. The number of aryl methyl sites for hydroxylation is 2. The molecule has 3 heterocycles. The summed E-state index contributed by atoms with van der Waals surface area (Å²) in [6.45, 7) is 7.00. The first-order valence-corrected chi connectivity index (χ1v) is 14.7. The number of aromatic nitrogens is 4. The Morgan fingerprint density at radius 1 is 1.05 bits per heavy atom. The normalized spacial score (nSPS) is 12.1. The Bertz CT molecular complexity index is 1690. The number of nitrogens with one attached hydrogen (secondary N) is 2. The van der Waals surface area contributed by atoms with Gasteiger partial charge in [0.15, 0.2) is 5.13 Å². The molecule has 0 fully saturated rings. The van der Waals surface area contributed by atoms with Crippen molar-refractivity contribution in [1.82, 2.24) is 19.7 Å². The van der Waals surface area contributed by atoms with Crippen molar-refractivity contribution in [1.29, 1.82) is 0 Å². The van der Waals surface area contributed by atoms with Crippen molar-refractivity contribution in [3.05, 3.63) is 89.9 Å². The van der Waals surface area contributed by atoms with Gasteiger partial charge in [-0.25, -0.2) is 14.5 Å². The number of nitrogens with zero attached hydrogens (tertiary/aromatic N) is 4. The molecule has 1 aliphatic rings. The molecule has 0 atom stereocenters. The summed E-state index contributed by atoms with van der Waals surface area (Å²) in [5.74, 6) is 1.19. The van der Waals surface area contributed by atoms with Gasteiger partial charge in [0.2, 0.25) is 0 Å². The van der Waals surface area contributed by atoms with Crippen LogP contribution in [0.2, 0.25) is 0 Å². The maximum atomic E-state index is 13.1. The Morgan fingerprint density at radius 2 is 1.88 bits per heavy atom. The van der Waals surface area contributed by atoms with E-state index in [4.69, 9.17) is 14.8 Å². The highest BCUT2D eigenvalue weighted by Gasteiger charge is 2.30. The third kappa shape index (κ3) is 5.58. The van der Waals surface area contributed by atoms with E-state index in [1.54, 1.807) is 6.20 Å². The zero-order valence-electron chi connectivity index (χ0n) is 23.3. The van der Waals surface area contributed by atoms with Crippen LogP contribution in [-0.2, 0) is 12.8 Å². The predicted molar refractivity (Wildman–Crippen MR) is 164 cm³/mol. The first-order chi connectivity index (χ1) is 20.0. The van der Waals surface area contributed by atoms with Gasteiger partial charge in [-0.2, -0.15) is 5.10 Å². The Kier molecular flexibility index (Phi) is 7.52. The summed E-state index contributed by atoms with van der Waals surface area (Å²) in [4.78, 5) is 23.2. The van der Waals surface area contributed by atoms with Crippen LogP contribution in [0.1, 0.15) is 37.1 Å². The van der Waals surface area contributed by atoms with Crippen LogP contribution in [-0.4, -0.2) is 32.4 Å². The number of hydrogen-bond donors (Lipinski definition) is 2. The molecule has 6 rings (SSSR count). The quantitative estimate of drug-likeness (QED) is 0.203. The molecule has 41 heavy (non-hydrogen) atoms. The summed E-state index contributed by atoms with van der Waals surface area (Å²) in [7, 11) is 0. The van der Waals surface area contributed by atoms with Crippen LogP contribution in [0, 0.1) is 12.8 Å². The smallest absolute Gasteiger partial charge is 0.325 e. The monoisotopic (exact) mass is 564 g/mol. The number of urea groups is 1. The summed E-state index contributed by atoms with van der Waals surface area (Å²) in [5, 5.41) is 11.5. The van der Waals surface area contributed by atoms with E-state index >= 15 is 0 Å². The molecule has 5 aromatic rings. The van der Waals surface area contributed by atoms with Crippen molar-refractivity contribution in [3.8, 4) is 33.3 Å². The van der Waals surface area contributed by atoms with Crippen LogP contribution >= 0.6 is 11.3 Å². The fourth-order valence-electron chi connectivity index (χ4n) is 4.98. The molecule has 0 spiro atoms. The fourth-order valence-corrected chi connectivity index (χ4v) is 6.05. The number of anilines is 2. The van der Waals surface area contributed by atoms with Gasteiger partial charge < -0.3 is 10.1 Å². The first-order valence-electron chi connectivity index (χ1n) is 13.9. The molecule has 2 N–H and O–H groups in total. The molecule has 208 valence electrons. The number of fused-ring (bicyclic) bond motifs is 3. The predicted octanol–water partition coefficient (Wildman–Crippen LogP) is 7.53. The standard InChI is InChI=1S/C32H32N6O2S/c1-20(2)16-18-40-27-13-7-5-11-24(27)34-31(39)36-32-35-25-15-14-23-28(22-10-8-17-33-19-22)37-38(29(23)30(25)41-32)26-12-6-4-9-21(26)3/h4-13,17,19-20H,14-16,18H2,1-3H3,(H2,34,35,36,39). The highest BCUT2D eigenvalue weighted by Crippen LogP contribution is 2.44. The molecule has 8 nitrogen and oxygen atoms in total. The molecule has 2 amide bonds. The number of pyridine rings is 1. The summed E-state index contributed by atoms with van der Waals surface area (Å²) in [6.07, 6.45) is 6.13. The minimum Gasteiger partial charge on any atom is -0.491 e. The van der Waals surface area contributed by atoms with Crippen LogP contribution in [0.25, 0.3) is 27.5 Å². The number of benzene rings is 2.